The highest BCUT2D eigenvalue weighted by atomic mass is 16.6. The van der Waals surface area contributed by atoms with Crippen LogP contribution in [0, 0.1) is 4.91 Å². The molecule has 0 saturated heterocycles. The molecule has 2 aromatic rings. The highest BCUT2D eigenvalue weighted by Gasteiger charge is 2.39. The quantitative estimate of drug-likeness (QED) is 0.548. The molecule has 1 amide bonds. The van der Waals surface area contributed by atoms with E-state index in [9.17, 15) is 14.5 Å². The largest absolute Gasteiger partial charge is 0.489 e. The zero-order valence-electron chi connectivity index (χ0n) is 18.5. The van der Waals surface area contributed by atoms with E-state index in [2.05, 4.69) is 0 Å². The van der Waals surface area contributed by atoms with Crippen LogP contribution in [0.2, 0.25) is 0 Å². The zero-order chi connectivity index (χ0) is 23.5. The molecule has 1 aliphatic heterocycles. The third kappa shape index (κ3) is 5.35. The number of benzene rings is 2. The summed E-state index contributed by atoms with van der Waals surface area (Å²) in [5.74, 6) is 0.0277. The fraction of sp³-hybridized carbons (Fsp3) is 0.391. The van der Waals surface area contributed by atoms with Gasteiger partial charge < -0.3 is 14.2 Å². The molecule has 1 heterocycles. The predicted molar refractivity (Wildman–Crippen MR) is 114 cm³/mol. The maximum absolute atomic E-state index is 12.7. The van der Waals surface area contributed by atoms with E-state index in [1.54, 1.807) is 45.0 Å². The van der Waals surface area contributed by atoms with E-state index in [4.69, 9.17) is 19.4 Å². The van der Waals surface area contributed by atoms with Crippen molar-refractivity contribution in [2.24, 2.45) is 0 Å². The molecule has 0 saturated carbocycles. The van der Waals surface area contributed by atoms with E-state index in [0.29, 0.717) is 29.8 Å². The van der Waals surface area contributed by atoms with Crippen molar-refractivity contribution in [3.8, 4) is 5.75 Å². The minimum absolute atomic E-state index is 0.111. The monoisotopic (exact) mass is 443 g/mol. The third-order valence-electron chi connectivity index (χ3n) is 4.93. The second-order valence-electron chi connectivity index (χ2n) is 8.44. The number of hydrogen-bond acceptors (Lipinski definition) is 6. The fourth-order valence-corrected chi connectivity index (χ4v) is 3.51. The van der Waals surface area contributed by atoms with Gasteiger partial charge in [-0.25, -0.2) is 14.8 Å². The number of ether oxygens (including phenoxy) is 3. The van der Waals surface area contributed by atoms with Gasteiger partial charge in [-0.15, -0.1) is 0 Å². The summed E-state index contributed by atoms with van der Waals surface area (Å²) in [6, 6.07) is 10.8. The zero-order valence-corrected chi connectivity index (χ0v) is 18.5. The number of amides is 1. The van der Waals surface area contributed by atoms with Gasteiger partial charge in [0.05, 0.1) is 12.0 Å². The lowest BCUT2D eigenvalue weighted by Gasteiger charge is -2.36. The van der Waals surface area contributed by atoms with Crippen LogP contribution >= 0.6 is 0 Å². The summed E-state index contributed by atoms with van der Waals surface area (Å²) in [6.45, 7) is 5.78. The van der Waals surface area contributed by atoms with Gasteiger partial charge in [0.25, 0.3) is 4.92 Å². The first-order valence-electron chi connectivity index (χ1n) is 10.2. The van der Waals surface area contributed by atoms with Crippen molar-refractivity contribution in [1.29, 1.82) is 0 Å². The number of nitrogens with zero attached hydrogens (tertiary/aromatic N) is 2. The Hall–Kier alpha value is -3.62. The Labute approximate surface area is 186 Å². The molecule has 0 aliphatic carbocycles. The highest BCUT2D eigenvalue weighted by molar-refractivity contribution is 5.84. The first-order chi connectivity index (χ1) is 15.1. The van der Waals surface area contributed by atoms with Gasteiger partial charge in [-0.05, 0) is 56.0 Å². The van der Waals surface area contributed by atoms with Gasteiger partial charge in [-0.1, -0.05) is 18.2 Å². The minimum Gasteiger partial charge on any atom is -0.489 e. The molecule has 170 valence electrons. The topological polar surface area (TPSA) is 105 Å². The van der Waals surface area contributed by atoms with Gasteiger partial charge >= 0.3 is 17.7 Å². The molecular weight excluding hydrogens is 416 g/mol. The van der Waals surface area contributed by atoms with Gasteiger partial charge in [0.2, 0.25) is 0 Å². The lowest BCUT2D eigenvalue weighted by atomic mass is 9.92. The molecule has 1 aliphatic rings. The number of rotatable bonds is 5. The van der Waals surface area contributed by atoms with Gasteiger partial charge in [0.15, 0.2) is 6.04 Å². The summed E-state index contributed by atoms with van der Waals surface area (Å²) in [5, 5.41) is 9.04. The van der Waals surface area contributed by atoms with Crippen LogP contribution < -0.4 is 4.74 Å². The maximum atomic E-state index is 12.7. The van der Waals surface area contributed by atoms with Crippen LogP contribution in [0.25, 0.3) is 0 Å². The van der Waals surface area contributed by atoms with Gasteiger partial charge in [-0.2, -0.15) is 0 Å². The molecule has 0 bridgehead atoms. The third-order valence-corrected chi connectivity index (χ3v) is 4.93. The van der Waals surface area contributed by atoms with Crippen molar-refractivity contribution >= 4 is 17.7 Å². The van der Waals surface area contributed by atoms with E-state index in [1.165, 1.54) is 24.1 Å². The molecule has 1 atom stereocenters. The summed E-state index contributed by atoms with van der Waals surface area (Å²) in [7, 11) is 1.28. The minimum atomic E-state index is -0.906. The van der Waals surface area contributed by atoms with Crippen LogP contribution in [0.4, 0.5) is 10.5 Å². The van der Waals surface area contributed by atoms with Crippen LogP contribution in [-0.4, -0.2) is 46.3 Å². The smallest absolute Gasteiger partial charge is 0.411 e. The predicted octanol–water partition coefficient (Wildman–Crippen LogP) is 4.07. The summed E-state index contributed by atoms with van der Waals surface area (Å²) in [6.07, 6.45) is -0.0558. The lowest BCUT2D eigenvalue weighted by Crippen LogP contribution is -2.46. The van der Waals surface area contributed by atoms with Crippen LogP contribution in [0.15, 0.2) is 42.5 Å². The summed E-state index contributed by atoms with van der Waals surface area (Å²) >= 11 is 0. The number of hydrogen-bond donors (Lipinski definition) is 1. The number of methoxy groups -OCH3 is 1. The maximum Gasteiger partial charge on any atom is 0.411 e. The molecule has 32 heavy (non-hydrogen) atoms. The number of fused-ring (bicyclic) bond motifs is 1. The Morgan fingerprint density at radius 3 is 2.59 bits per heavy atom. The van der Waals surface area contributed by atoms with Gasteiger partial charge in [-0.3, -0.25) is 4.90 Å². The van der Waals surface area contributed by atoms with Gasteiger partial charge in [0, 0.05) is 18.7 Å². The second kappa shape index (κ2) is 9.25. The lowest BCUT2D eigenvalue weighted by molar-refractivity contribution is -0.729. The molecule has 0 unspecified atom stereocenters. The van der Waals surface area contributed by atoms with Crippen molar-refractivity contribution in [3.05, 3.63) is 64.1 Å². The molecule has 1 N–H and O–H groups in total. The van der Waals surface area contributed by atoms with E-state index in [-0.39, 0.29) is 17.2 Å². The molecule has 9 heteroatoms. The molecule has 0 aromatic heterocycles. The normalized spacial score (nSPS) is 15.5. The fourth-order valence-electron chi connectivity index (χ4n) is 3.51. The Morgan fingerprint density at radius 2 is 1.94 bits per heavy atom. The average Bonchev–Trinajstić information content (AvgIpc) is 2.75. The summed E-state index contributed by atoms with van der Waals surface area (Å²) < 4.78 is 16.3. The highest BCUT2D eigenvalue weighted by Crippen LogP contribution is 2.34. The molecule has 0 spiro atoms. The van der Waals surface area contributed by atoms with Crippen LogP contribution in [0.5, 0.6) is 5.75 Å². The second-order valence-corrected chi connectivity index (χ2v) is 8.44. The van der Waals surface area contributed by atoms with Crippen molar-refractivity contribution < 1.29 is 33.9 Å². The standard InChI is InChI=1S/C23H27N2O7/c1-23(2,3)32-22(27)24-11-10-16-13-18(8-9-19(16)20(24)21(26)30-4)31-14-15-6-5-7-17(12-15)25(28)29/h5-9,12-13,20H,10-11,14H2,1-4H3,(H,28,29)/q+1/t20-/m1/s1. The van der Waals surface area contributed by atoms with Crippen LogP contribution in [0.3, 0.4) is 0 Å². The van der Waals surface area contributed by atoms with Crippen LogP contribution in [-0.2, 0) is 27.3 Å². The molecule has 2 aromatic carbocycles. The number of carbonyl (C=O) groups is 2. The Kier molecular flexibility index (Phi) is 6.67. The van der Waals surface area contributed by atoms with Crippen molar-refractivity contribution in [1.82, 2.24) is 4.90 Å². The Morgan fingerprint density at radius 1 is 1.19 bits per heavy atom. The Bertz CT molecular complexity index is 1030. The molecule has 0 fully saturated rings. The van der Waals surface area contributed by atoms with E-state index >= 15 is 0 Å². The molecule has 3 rings (SSSR count). The van der Waals surface area contributed by atoms with Crippen molar-refractivity contribution in [2.75, 3.05) is 13.7 Å². The van der Waals surface area contributed by atoms with E-state index in [0.717, 1.165) is 5.56 Å². The SMILES string of the molecule is COC(=O)[C@H]1c2ccc(OCc3cccc([N+](=O)O)c3)cc2CCN1C(=O)OC(C)(C)C. The Balaban J connectivity index is 1.80. The van der Waals surface area contributed by atoms with Crippen LogP contribution in [0.1, 0.15) is 43.5 Å². The first kappa shape index (κ1) is 23.1. The van der Waals surface area contributed by atoms with E-state index < -0.39 is 23.7 Å². The summed E-state index contributed by atoms with van der Waals surface area (Å²) in [4.78, 5) is 37.5. The number of esters is 1. The molecular formula is C23H27N2O7+. The average molecular weight is 443 g/mol. The number of carbonyl (C=O) groups excluding carboxylic acids is 2. The van der Waals surface area contributed by atoms with Crippen molar-refractivity contribution in [2.45, 2.75) is 45.4 Å². The van der Waals surface area contributed by atoms with Crippen molar-refractivity contribution in [3.63, 3.8) is 0 Å². The molecule has 0 radical (unpaired) electrons. The molecule has 9 nitrogen and oxygen atoms in total. The summed E-state index contributed by atoms with van der Waals surface area (Å²) in [5.41, 5.74) is 1.66. The first-order valence-corrected chi connectivity index (χ1v) is 10.2. The van der Waals surface area contributed by atoms with Gasteiger partial charge in [0.1, 0.15) is 18.0 Å². The van der Waals surface area contributed by atoms with E-state index in [1.807, 2.05) is 6.07 Å².